The van der Waals surface area contributed by atoms with E-state index >= 15 is 0 Å². The van der Waals surface area contributed by atoms with Gasteiger partial charge in [-0.15, -0.1) is 0 Å². The van der Waals surface area contributed by atoms with E-state index in [1.54, 1.807) is 7.11 Å². The first-order chi connectivity index (χ1) is 7.12. The number of hydrogen-bond donors (Lipinski definition) is 1. The minimum atomic E-state index is -0.170. The first kappa shape index (κ1) is 14.9. The fraction of sp³-hybridized carbons (Fsp3) is 1.00. The van der Waals surface area contributed by atoms with Crippen molar-refractivity contribution in [2.45, 2.75) is 51.6 Å². The molecule has 3 nitrogen and oxygen atoms in total. The van der Waals surface area contributed by atoms with Gasteiger partial charge in [0.15, 0.2) is 0 Å². The summed E-state index contributed by atoms with van der Waals surface area (Å²) in [7, 11) is 1.71. The number of methoxy groups -OCH3 is 1. The summed E-state index contributed by atoms with van der Waals surface area (Å²) >= 11 is 0. The Labute approximate surface area is 93.8 Å². The van der Waals surface area contributed by atoms with Crippen LogP contribution in [0.3, 0.4) is 0 Å². The maximum absolute atomic E-state index is 8.59. The summed E-state index contributed by atoms with van der Waals surface area (Å²) in [5.41, 5.74) is -0.170. The summed E-state index contributed by atoms with van der Waals surface area (Å²) in [5.74, 6) is 0. The lowest BCUT2D eigenvalue weighted by atomic mass is 10.1. The molecule has 0 aliphatic rings. The van der Waals surface area contributed by atoms with Gasteiger partial charge in [0.25, 0.3) is 0 Å². The number of rotatable bonds is 10. The van der Waals surface area contributed by atoms with Crippen molar-refractivity contribution in [1.82, 2.24) is 0 Å². The Hall–Kier alpha value is -0.120. The second kappa shape index (κ2) is 9.13. The SMILES string of the molecule is COC(C)(C)COCCCCCCCO. The van der Waals surface area contributed by atoms with Gasteiger partial charge in [-0.2, -0.15) is 0 Å². The highest BCUT2D eigenvalue weighted by atomic mass is 16.5. The van der Waals surface area contributed by atoms with E-state index in [1.807, 2.05) is 13.8 Å². The first-order valence-electron chi connectivity index (χ1n) is 5.86. The van der Waals surface area contributed by atoms with Crippen LogP contribution in [0.2, 0.25) is 0 Å². The third-order valence-corrected chi connectivity index (χ3v) is 2.45. The van der Waals surface area contributed by atoms with Crippen LogP contribution in [-0.4, -0.2) is 37.6 Å². The molecule has 0 unspecified atom stereocenters. The van der Waals surface area contributed by atoms with E-state index in [4.69, 9.17) is 14.6 Å². The number of ether oxygens (including phenoxy) is 2. The van der Waals surface area contributed by atoms with E-state index in [2.05, 4.69) is 0 Å². The average molecular weight is 218 g/mol. The lowest BCUT2D eigenvalue weighted by molar-refractivity contribution is -0.0512. The Bertz CT molecular complexity index is 135. The molecular weight excluding hydrogens is 192 g/mol. The van der Waals surface area contributed by atoms with Crippen LogP contribution >= 0.6 is 0 Å². The number of aliphatic hydroxyl groups is 1. The summed E-state index contributed by atoms with van der Waals surface area (Å²) in [6.07, 6.45) is 5.54. The van der Waals surface area contributed by atoms with Crippen LogP contribution in [0.15, 0.2) is 0 Å². The van der Waals surface area contributed by atoms with E-state index < -0.39 is 0 Å². The second-order valence-corrected chi connectivity index (χ2v) is 4.51. The van der Waals surface area contributed by atoms with Gasteiger partial charge in [-0.1, -0.05) is 19.3 Å². The van der Waals surface area contributed by atoms with Crippen LogP contribution in [-0.2, 0) is 9.47 Å². The van der Waals surface area contributed by atoms with Gasteiger partial charge in [0, 0.05) is 20.3 Å². The Morgan fingerprint density at radius 2 is 1.60 bits per heavy atom. The van der Waals surface area contributed by atoms with E-state index in [1.165, 1.54) is 12.8 Å². The average Bonchev–Trinajstić information content (AvgIpc) is 2.22. The molecule has 0 spiro atoms. The van der Waals surface area contributed by atoms with Crippen LogP contribution in [0, 0.1) is 0 Å². The summed E-state index contributed by atoms with van der Waals surface area (Å²) in [5, 5.41) is 8.59. The van der Waals surface area contributed by atoms with Crippen molar-refractivity contribution in [2.75, 3.05) is 26.9 Å². The van der Waals surface area contributed by atoms with Crippen molar-refractivity contribution in [1.29, 1.82) is 0 Å². The predicted molar refractivity (Wildman–Crippen MR) is 62.1 cm³/mol. The summed E-state index contributed by atoms with van der Waals surface area (Å²) in [6.45, 7) is 5.83. The van der Waals surface area contributed by atoms with Crippen LogP contribution in [0.4, 0.5) is 0 Å². The minimum Gasteiger partial charge on any atom is -0.396 e. The summed E-state index contributed by atoms with van der Waals surface area (Å²) in [4.78, 5) is 0. The van der Waals surface area contributed by atoms with Gasteiger partial charge in [0.05, 0.1) is 12.2 Å². The largest absolute Gasteiger partial charge is 0.396 e. The Morgan fingerprint density at radius 3 is 2.20 bits per heavy atom. The van der Waals surface area contributed by atoms with E-state index in [0.29, 0.717) is 13.2 Å². The molecule has 0 amide bonds. The number of unbranched alkanes of at least 4 members (excludes halogenated alkanes) is 4. The minimum absolute atomic E-state index is 0.170. The van der Waals surface area contributed by atoms with Crippen molar-refractivity contribution >= 4 is 0 Å². The molecule has 0 rings (SSSR count). The molecule has 92 valence electrons. The highest BCUT2D eigenvalue weighted by molar-refractivity contribution is 4.65. The molecule has 0 fully saturated rings. The number of aliphatic hydroxyl groups excluding tert-OH is 1. The van der Waals surface area contributed by atoms with Gasteiger partial charge >= 0.3 is 0 Å². The third kappa shape index (κ3) is 10.2. The fourth-order valence-electron chi connectivity index (χ4n) is 1.22. The molecular formula is C12H26O3. The normalized spacial score (nSPS) is 12.0. The molecule has 1 N–H and O–H groups in total. The molecule has 0 heterocycles. The van der Waals surface area contributed by atoms with Gasteiger partial charge in [-0.25, -0.2) is 0 Å². The Morgan fingerprint density at radius 1 is 1.00 bits per heavy atom. The predicted octanol–water partition coefficient (Wildman–Crippen LogP) is 2.37. The molecule has 0 bridgehead atoms. The molecule has 0 radical (unpaired) electrons. The molecule has 0 aromatic carbocycles. The van der Waals surface area contributed by atoms with Gasteiger partial charge < -0.3 is 14.6 Å². The van der Waals surface area contributed by atoms with Crippen molar-refractivity contribution < 1.29 is 14.6 Å². The highest BCUT2D eigenvalue weighted by Gasteiger charge is 2.15. The van der Waals surface area contributed by atoms with E-state index in [-0.39, 0.29) is 5.60 Å². The van der Waals surface area contributed by atoms with Gasteiger partial charge in [-0.05, 0) is 26.7 Å². The van der Waals surface area contributed by atoms with Gasteiger partial charge in [0.1, 0.15) is 0 Å². The van der Waals surface area contributed by atoms with Crippen molar-refractivity contribution in [3.05, 3.63) is 0 Å². The monoisotopic (exact) mass is 218 g/mol. The van der Waals surface area contributed by atoms with Crippen LogP contribution in [0.25, 0.3) is 0 Å². The van der Waals surface area contributed by atoms with Crippen molar-refractivity contribution in [3.8, 4) is 0 Å². The van der Waals surface area contributed by atoms with Crippen LogP contribution in [0.1, 0.15) is 46.0 Å². The summed E-state index contributed by atoms with van der Waals surface area (Å²) in [6, 6.07) is 0. The molecule has 0 aromatic rings. The molecule has 0 atom stereocenters. The molecule has 15 heavy (non-hydrogen) atoms. The quantitative estimate of drug-likeness (QED) is 0.572. The smallest absolute Gasteiger partial charge is 0.0855 e. The Kier molecular flexibility index (Phi) is 9.06. The zero-order valence-electron chi connectivity index (χ0n) is 10.4. The molecule has 0 aliphatic heterocycles. The topological polar surface area (TPSA) is 38.7 Å². The lowest BCUT2D eigenvalue weighted by Crippen LogP contribution is -2.29. The van der Waals surface area contributed by atoms with E-state index in [0.717, 1.165) is 25.9 Å². The molecule has 3 heteroatoms. The third-order valence-electron chi connectivity index (χ3n) is 2.45. The maximum Gasteiger partial charge on any atom is 0.0855 e. The summed E-state index contributed by atoms with van der Waals surface area (Å²) < 4.78 is 10.8. The standard InChI is InChI=1S/C12H26O3/c1-12(2,14-3)11-15-10-8-6-4-5-7-9-13/h13H,4-11H2,1-3H3. The molecule has 0 saturated heterocycles. The number of hydrogen-bond acceptors (Lipinski definition) is 3. The first-order valence-corrected chi connectivity index (χ1v) is 5.86. The second-order valence-electron chi connectivity index (χ2n) is 4.51. The zero-order valence-corrected chi connectivity index (χ0v) is 10.4. The van der Waals surface area contributed by atoms with Crippen molar-refractivity contribution in [3.63, 3.8) is 0 Å². The molecule has 0 aliphatic carbocycles. The Balaban J connectivity index is 3.11. The highest BCUT2D eigenvalue weighted by Crippen LogP contribution is 2.08. The van der Waals surface area contributed by atoms with Crippen LogP contribution < -0.4 is 0 Å². The molecule has 0 aromatic heterocycles. The zero-order chi connectivity index (χ0) is 11.6. The van der Waals surface area contributed by atoms with Crippen molar-refractivity contribution in [2.24, 2.45) is 0 Å². The van der Waals surface area contributed by atoms with Crippen LogP contribution in [0.5, 0.6) is 0 Å². The van der Waals surface area contributed by atoms with Gasteiger partial charge in [-0.3, -0.25) is 0 Å². The maximum atomic E-state index is 8.59. The lowest BCUT2D eigenvalue weighted by Gasteiger charge is -2.22. The fourth-order valence-corrected chi connectivity index (χ4v) is 1.22. The van der Waals surface area contributed by atoms with Gasteiger partial charge in [0.2, 0.25) is 0 Å². The van der Waals surface area contributed by atoms with E-state index in [9.17, 15) is 0 Å². The molecule has 0 saturated carbocycles.